The molecule has 1 unspecified atom stereocenters. The van der Waals surface area contributed by atoms with E-state index in [-0.39, 0.29) is 24.3 Å². The molecule has 7 heteroatoms. The largest absolute Gasteiger partial charge is 0.372 e. The van der Waals surface area contributed by atoms with E-state index in [9.17, 15) is 9.59 Å². The van der Waals surface area contributed by atoms with Crippen LogP contribution >= 0.6 is 0 Å². The van der Waals surface area contributed by atoms with Crippen LogP contribution in [0.15, 0.2) is 36.4 Å². The molecule has 1 aliphatic carbocycles. The maximum Gasteiger partial charge on any atom is 0.250 e. The molecule has 166 valence electrons. The Morgan fingerprint density at radius 3 is 2.03 bits per heavy atom. The molecule has 7 nitrogen and oxygen atoms in total. The Kier molecular flexibility index (Phi) is 8.17. The Morgan fingerprint density at radius 2 is 1.48 bits per heavy atom. The van der Waals surface area contributed by atoms with Gasteiger partial charge in [-0.15, -0.1) is 0 Å². The van der Waals surface area contributed by atoms with Crippen molar-refractivity contribution in [3.8, 4) is 11.1 Å². The van der Waals surface area contributed by atoms with Gasteiger partial charge < -0.3 is 26.8 Å². The number of nitrogens with one attached hydrogen (secondary N) is 2. The number of carbonyl (C=O) groups excluding carboxylic acids is 2. The number of carbonyl (C=O) groups is 2. The first kappa shape index (κ1) is 22.9. The minimum absolute atomic E-state index is 0.0156. The van der Waals surface area contributed by atoms with Gasteiger partial charge in [-0.2, -0.15) is 0 Å². The zero-order valence-corrected chi connectivity index (χ0v) is 18.1. The lowest BCUT2D eigenvalue weighted by Gasteiger charge is -2.13. The number of ether oxygens (including phenoxy) is 1. The Bertz CT molecular complexity index is 929. The number of benzene rings is 2. The highest BCUT2D eigenvalue weighted by atomic mass is 16.5. The van der Waals surface area contributed by atoms with E-state index in [2.05, 4.69) is 29.7 Å². The molecule has 2 aromatic rings. The van der Waals surface area contributed by atoms with Gasteiger partial charge in [-0.05, 0) is 78.9 Å². The van der Waals surface area contributed by atoms with Crippen LogP contribution in [0.2, 0.25) is 0 Å². The molecular formula is C24H32N4O3. The van der Waals surface area contributed by atoms with Crippen LogP contribution in [0.4, 0.5) is 11.4 Å². The summed E-state index contributed by atoms with van der Waals surface area (Å²) in [7, 11) is 0. The van der Waals surface area contributed by atoms with Gasteiger partial charge in [0.25, 0.3) is 0 Å². The summed E-state index contributed by atoms with van der Waals surface area (Å²) in [5, 5.41) is 5.89. The summed E-state index contributed by atoms with van der Waals surface area (Å²) in [4.78, 5) is 24.2. The maximum absolute atomic E-state index is 12.2. The van der Waals surface area contributed by atoms with Crippen LogP contribution in [0.5, 0.6) is 0 Å². The third-order valence-electron chi connectivity index (χ3n) is 5.45. The fourth-order valence-electron chi connectivity index (χ4n) is 3.99. The SMILES string of the molecule is CCC1c2cc(NC(=O)CCCN)ccc2-c2ccc(NC(=O)COCCCN)cc21. The Labute approximate surface area is 183 Å². The second-order valence-corrected chi connectivity index (χ2v) is 7.75. The Hall–Kier alpha value is -2.74. The lowest BCUT2D eigenvalue weighted by Crippen LogP contribution is -2.19. The molecule has 31 heavy (non-hydrogen) atoms. The van der Waals surface area contributed by atoms with Gasteiger partial charge in [0.15, 0.2) is 0 Å². The first-order valence-electron chi connectivity index (χ1n) is 10.9. The van der Waals surface area contributed by atoms with Gasteiger partial charge in [-0.25, -0.2) is 0 Å². The molecule has 0 spiro atoms. The van der Waals surface area contributed by atoms with Crippen molar-refractivity contribution in [1.82, 2.24) is 0 Å². The van der Waals surface area contributed by atoms with Crippen LogP contribution in [0.25, 0.3) is 11.1 Å². The molecule has 0 aliphatic heterocycles. The van der Waals surface area contributed by atoms with Crippen LogP contribution in [0, 0.1) is 0 Å². The molecule has 1 aliphatic rings. The summed E-state index contributed by atoms with van der Waals surface area (Å²) in [6, 6.07) is 12.1. The van der Waals surface area contributed by atoms with Crippen molar-refractivity contribution < 1.29 is 14.3 Å². The van der Waals surface area contributed by atoms with Gasteiger partial charge in [0, 0.05) is 30.3 Å². The summed E-state index contributed by atoms with van der Waals surface area (Å²) in [6.07, 6.45) is 2.75. The normalized spacial score (nSPS) is 14.1. The molecule has 0 bridgehead atoms. The number of hydrogen-bond donors (Lipinski definition) is 4. The monoisotopic (exact) mass is 424 g/mol. The summed E-state index contributed by atoms with van der Waals surface area (Å²) < 4.78 is 5.33. The third kappa shape index (κ3) is 5.70. The summed E-state index contributed by atoms with van der Waals surface area (Å²) in [6.45, 7) is 3.69. The summed E-state index contributed by atoms with van der Waals surface area (Å²) in [5.41, 5.74) is 17.2. The van der Waals surface area contributed by atoms with Crippen LogP contribution < -0.4 is 22.1 Å². The first-order chi connectivity index (χ1) is 15.1. The fourth-order valence-corrected chi connectivity index (χ4v) is 3.99. The molecule has 0 heterocycles. The molecule has 0 aromatic heterocycles. The van der Waals surface area contributed by atoms with E-state index >= 15 is 0 Å². The molecule has 2 aromatic carbocycles. The van der Waals surface area contributed by atoms with Crippen LogP contribution in [0.1, 0.15) is 49.7 Å². The van der Waals surface area contributed by atoms with Gasteiger partial charge in [0.1, 0.15) is 6.61 Å². The van der Waals surface area contributed by atoms with E-state index in [4.69, 9.17) is 16.2 Å². The van der Waals surface area contributed by atoms with E-state index in [1.807, 2.05) is 24.3 Å². The van der Waals surface area contributed by atoms with Crippen LogP contribution in [-0.2, 0) is 14.3 Å². The van der Waals surface area contributed by atoms with E-state index in [1.165, 1.54) is 22.3 Å². The predicted molar refractivity (Wildman–Crippen MR) is 124 cm³/mol. The van der Waals surface area contributed by atoms with E-state index in [1.54, 1.807) is 0 Å². The molecule has 0 saturated carbocycles. The highest BCUT2D eigenvalue weighted by Crippen LogP contribution is 2.48. The van der Waals surface area contributed by atoms with Gasteiger partial charge >= 0.3 is 0 Å². The van der Waals surface area contributed by atoms with Gasteiger partial charge in [0.2, 0.25) is 11.8 Å². The van der Waals surface area contributed by atoms with E-state index < -0.39 is 0 Å². The molecule has 0 radical (unpaired) electrons. The molecule has 0 saturated heterocycles. The lowest BCUT2D eigenvalue weighted by atomic mass is 9.94. The third-order valence-corrected chi connectivity index (χ3v) is 5.45. The molecular weight excluding hydrogens is 392 g/mol. The van der Waals surface area contributed by atoms with Crippen molar-refractivity contribution in [3.05, 3.63) is 47.5 Å². The van der Waals surface area contributed by atoms with Crippen LogP contribution in [0.3, 0.4) is 0 Å². The van der Waals surface area contributed by atoms with Gasteiger partial charge in [-0.3, -0.25) is 9.59 Å². The minimum Gasteiger partial charge on any atom is -0.372 e. The predicted octanol–water partition coefficient (Wildman–Crippen LogP) is 3.19. The molecule has 6 N–H and O–H groups in total. The van der Waals surface area contributed by atoms with E-state index in [0.29, 0.717) is 32.5 Å². The highest BCUT2D eigenvalue weighted by molar-refractivity contribution is 5.94. The van der Waals surface area contributed by atoms with Crippen molar-refractivity contribution in [2.24, 2.45) is 11.5 Å². The maximum atomic E-state index is 12.2. The minimum atomic E-state index is -0.178. The average Bonchev–Trinajstić information content (AvgIpc) is 3.07. The smallest absolute Gasteiger partial charge is 0.250 e. The zero-order chi connectivity index (χ0) is 22.2. The molecule has 1 atom stereocenters. The van der Waals surface area contributed by atoms with Crippen molar-refractivity contribution >= 4 is 23.2 Å². The van der Waals surface area contributed by atoms with Crippen molar-refractivity contribution in [2.45, 2.75) is 38.5 Å². The van der Waals surface area contributed by atoms with Crippen molar-refractivity contribution in [1.29, 1.82) is 0 Å². The summed E-state index contributed by atoms with van der Waals surface area (Å²) >= 11 is 0. The van der Waals surface area contributed by atoms with E-state index in [0.717, 1.165) is 24.2 Å². The second kappa shape index (κ2) is 11.0. The Morgan fingerprint density at radius 1 is 0.903 bits per heavy atom. The molecule has 3 rings (SSSR count). The lowest BCUT2D eigenvalue weighted by molar-refractivity contribution is -0.120. The Balaban J connectivity index is 1.73. The summed E-state index contributed by atoms with van der Waals surface area (Å²) in [5.74, 6) is 0.0131. The number of amides is 2. The van der Waals surface area contributed by atoms with Crippen molar-refractivity contribution in [3.63, 3.8) is 0 Å². The molecule has 0 fully saturated rings. The molecule has 2 amide bonds. The average molecular weight is 425 g/mol. The number of rotatable bonds is 11. The van der Waals surface area contributed by atoms with Crippen LogP contribution in [-0.4, -0.2) is 38.1 Å². The zero-order valence-electron chi connectivity index (χ0n) is 18.1. The first-order valence-corrected chi connectivity index (χ1v) is 10.9. The number of nitrogens with two attached hydrogens (primary N) is 2. The second-order valence-electron chi connectivity index (χ2n) is 7.75. The number of anilines is 2. The fraction of sp³-hybridized carbons (Fsp3) is 0.417. The number of fused-ring (bicyclic) bond motifs is 3. The highest BCUT2D eigenvalue weighted by Gasteiger charge is 2.28. The number of hydrogen-bond acceptors (Lipinski definition) is 5. The van der Waals surface area contributed by atoms with Gasteiger partial charge in [-0.1, -0.05) is 19.1 Å². The van der Waals surface area contributed by atoms with Gasteiger partial charge in [0.05, 0.1) is 0 Å². The quantitative estimate of drug-likeness (QED) is 0.413. The standard InChI is InChI=1S/C24H32N4O3/c1-2-18-21-13-16(27-23(29)5-3-10-25)6-8-19(21)20-9-7-17(14-22(18)20)28-24(30)15-31-12-4-11-26/h6-9,13-14,18H,2-5,10-12,15,25-26H2,1H3,(H,27,29)(H,28,30). The van der Waals surface area contributed by atoms with Crippen molar-refractivity contribution in [2.75, 3.05) is 36.9 Å². The topological polar surface area (TPSA) is 119 Å².